The molecular weight excluding hydrogens is 347 g/mol. The van der Waals surface area contributed by atoms with Gasteiger partial charge in [-0.2, -0.15) is 0 Å². The number of halogens is 2. The zero-order chi connectivity index (χ0) is 12.3. The van der Waals surface area contributed by atoms with Crippen LogP contribution in [0.4, 0.5) is 0 Å². The third-order valence-electron chi connectivity index (χ3n) is 2.58. The van der Waals surface area contributed by atoms with Crippen LogP contribution in [0.5, 0.6) is 0 Å². The Morgan fingerprint density at radius 1 is 1.12 bits per heavy atom. The Labute approximate surface area is 120 Å². The molecule has 1 unspecified atom stereocenters. The van der Waals surface area contributed by atoms with Gasteiger partial charge in [-0.3, -0.25) is 0 Å². The van der Waals surface area contributed by atoms with Crippen LogP contribution in [0.1, 0.15) is 17.2 Å². The highest BCUT2D eigenvalue weighted by molar-refractivity contribution is 14.1. The van der Waals surface area contributed by atoms with Gasteiger partial charge in [0.2, 0.25) is 0 Å². The van der Waals surface area contributed by atoms with E-state index in [1.54, 1.807) is 0 Å². The fourth-order valence-electron chi connectivity index (χ4n) is 1.74. The number of hydrogen-bond acceptors (Lipinski definition) is 1. The molecule has 0 saturated heterocycles. The first-order chi connectivity index (χ1) is 8.16. The van der Waals surface area contributed by atoms with E-state index in [4.69, 9.17) is 11.6 Å². The van der Waals surface area contributed by atoms with E-state index in [0.717, 1.165) is 14.7 Å². The van der Waals surface area contributed by atoms with Crippen molar-refractivity contribution in [3.05, 3.63) is 68.3 Å². The lowest BCUT2D eigenvalue weighted by molar-refractivity contribution is 0.177. The van der Waals surface area contributed by atoms with Gasteiger partial charge in [0, 0.05) is 15.0 Å². The first-order valence-corrected chi connectivity index (χ1v) is 6.79. The number of aliphatic hydroxyl groups is 1. The minimum Gasteiger partial charge on any atom is -0.388 e. The molecule has 1 N–H and O–H groups in total. The highest BCUT2D eigenvalue weighted by Crippen LogP contribution is 2.24. The Kier molecular flexibility index (Phi) is 4.42. The normalized spacial score (nSPS) is 12.4. The maximum Gasteiger partial charge on any atom is 0.0840 e. The van der Waals surface area contributed by atoms with Crippen molar-refractivity contribution in [3.63, 3.8) is 0 Å². The molecule has 0 heterocycles. The predicted octanol–water partition coefficient (Wildman–Crippen LogP) is 4.22. The Hall–Kier alpha value is -0.580. The highest BCUT2D eigenvalue weighted by Gasteiger charge is 2.11. The van der Waals surface area contributed by atoms with E-state index >= 15 is 0 Å². The van der Waals surface area contributed by atoms with Crippen LogP contribution in [0.2, 0.25) is 5.02 Å². The fourth-order valence-corrected chi connectivity index (χ4v) is 2.70. The van der Waals surface area contributed by atoms with Gasteiger partial charge in [0.05, 0.1) is 6.10 Å². The third kappa shape index (κ3) is 3.44. The second-order valence-electron chi connectivity index (χ2n) is 3.87. The van der Waals surface area contributed by atoms with Crippen molar-refractivity contribution >= 4 is 34.2 Å². The van der Waals surface area contributed by atoms with Gasteiger partial charge in [-0.25, -0.2) is 0 Å². The lowest BCUT2D eigenvalue weighted by atomic mass is 10.0. The van der Waals surface area contributed by atoms with Crippen molar-refractivity contribution in [2.24, 2.45) is 0 Å². The van der Waals surface area contributed by atoms with E-state index < -0.39 is 6.10 Å². The van der Waals surface area contributed by atoms with Crippen molar-refractivity contribution in [2.75, 3.05) is 0 Å². The molecule has 88 valence electrons. The molecule has 2 rings (SSSR count). The van der Waals surface area contributed by atoms with Crippen LogP contribution in [-0.2, 0) is 6.42 Å². The summed E-state index contributed by atoms with van der Waals surface area (Å²) in [6.07, 6.45) is 0.0992. The molecular formula is C14H12ClIO. The molecule has 0 saturated carbocycles. The third-order valence-corrected chi connectivity index (χ3v) is 3.80. The average molecular weight is 359 g/mol. The summed E-state index contributed by atoms with van der Waals surface area (Å²) in [6.45, 7) is 0. The van der Waals surface area contributed by atoms with E-state index in [1.807, 2.05) is 48.5 Å². The average Bonchev–Trinajstić information content (AvgIpc) is 2.29. The Morgan fingerprint density at radius 3 is 2.59 bits per heavy atom. The van der Waals surface area contributed by atoms with Crippen LogP contribution in [-0.4, -0.2) is 5.11 Å². The van der Waals surface area contributed by atoms with E-state index in [0.29, 0.717) is 11.4 Å². The lowest BCUT2D eigenvalue weighted by Crippen LogP contribution is -2.03. The molecule has 0 aromatic heterocycles. The van der Waals surface area contributed by atoms with Crippen molar-refractivity contribution in [1.29, 1.82) is 0 Å². The molecule has 1 nitrogen and oxygen atoms in total. The highest BCUT2D eigenvalue weighted by atomic mass is 127. The van der Waals surface area contributed by atoms with Gasteiger partial charge in [0.1, 0.15) is 0 Å². The smallest absolute Gasteiger partial charge is 0.0840 e. The molecule has 0 amide bonds. The quantitative estimate of drug-likeness (QED) is 0.815. The number of rotatable bonds is 3. The van der Waals surface area contributed by atoms with Crippen LogP contribution >= 0.6 is 34.2 Å². The van der Waals surface area contributed by atoms with Crippen LogP contribution < -0.4 is 0 Å². The summed E-state index contributed by atoms with van der Waals surface area (Å²) in [5, 5.41) is 10.9. The molecule has 17 heavy (non-hydrogen) atoms. The van der Waals surface area contributed by atoms with Crippen molar-refractivity contribution in [2.45, 2.75) is 12.5 Å². The lowest BCUT2D eigenvalue weighted by Gasteiger charge is -2.13. The van der Waals surface area contributed by atoms with E-state index in [1.165, 1.54) is 0 Å². The fraction of sp³-hybridized carbons (Fsp3) is 0.143. The Balaban J connectivity index is 2.17. The van der Waals surface area contributed by atoms with Crippen molar-refractivity contribution in [1.82, 2.24) is 0 Å². The van der Waals surface area contributed by atoms with Gasteiger partial charge < -0.3 is 5.11 Å². The molecule has 2 aromatic rings. The molecule has 0 aliphatic carbocycles. The van der Waals surface area contributed by atoms with Crippen molar-refractivity contribution < 1.29 is 5.11 Å². The molecule has 0 aliphatic heterocycles. The van der Waals surface area contributed by atoms with Gasteiger partial charge in [0.25, 0.3) is 0 Å². The minimum atomic E-state index is -0.485. The van der Waals surface area contributed by atoms with Gasteiger partial charge in [-0.1, -0.05) is 41.9 Å². The monoisotopic (exact) mass is 358 g/mol. The summed E-state index contributed by atoms with van der Waals surface area (Å²) in [5.74, 6) is 0. The van der Waals surface area contributed by atoms with E-state index in [-0.39, 0.29) is 0 Å². The molecule has 2 aromatic carbocycles. The first kappa shape index (κ1) is 12.9. The standard InChI is InChI=1S/C14H12ClIO/c15-11-5-3-4-10(8-11)9-14(17)12-6-1-2-7-13(12)16/h1-8,14,17H,9H2. The predicted molar refractivity (Wildman–Crippen MR) is 79.3 cm³/mol. The maximum absolute atomic E-state index is 10.2. The van der Waals surface area contributed by atoms with E-state index in [2.05, 4.69) is 22.6 Å². The van der Waals surface area contributed by atoms with Gasteiger partial charge in [-0.05, 0) is 51.9 Å². The Bertz CT molecular complexity index is 513. The number of aliphatic hydroxyl groups excluding tert-OH is 1. The van der Waals surface area contributed by atoms with Gasteiger partial charge in [-0.15, -0.1) is 0 Å². The molecule has 0 bridgehead atoms. The SMILES string of the molecule is OC(Cc1cccc(Cl)c1)c1ccccc1I. The van der Waals surface area contributed by atoms with Crippen LogP contribution in [0, 0.1) is 3.57 Å². The maximum atomic E-state index is 10.2. The second-order valence-corrected chi connectivity index (χ2v) is 5.47. The molecule has 3 heteroatoms. The minimum absolute atomic E-state index is 0.485. The summed E-state index contributed by atoms with van der Waals surface area (Å²) in [7, 11) is 0. The zero-order valence-corrected chi connectivity index (χ0v) is 12.0. The summed E-state index contributed by atoms with van der Waals surface area (Å²) < 4.78 is 1.08. The van der Waals surface area contributed by atoms with Gasteiger partial charge in [0.15, 0.2) is 0 Å². The van der Waals surface area contributed by atoms with Crippen LogP contribution in [0.25, 0.3) is 0 Å². The van der Waals surface area contributed by atoms with Crippen LogP contribution in [0.3, 0.4) is 0 Å². The Morgan fingerprint density at radius 2 is 1.88 bits per heavy atom. The molecule has 0 radical (unpaired) electrons. The number of hydrogen-bond donors (Lipinski definition) is 1. The zero-order valence-electron chi connectivity index (χ0n) is 9.11. The van der Waals surface area contributed by atoms with Gasteiger partial charge >= 0.3 is 0 Å². The molecule has 0 aliphatic rings. The first-order valence-electron chi connectivity index (χ1n) is 5.34. The van der Waals surface area contributed by atoms with E-state index in [9.17, 15) is 5.11 Å². The van der Waals surface area contributed by atoms with Crippen molar-refractivity contribution in [3.8, 4) is 0 Å². The topological polar surface area (TPSA) is 20.2 Å². The largest absolute Gasteiger partial charge is 0.388 e. The summed E-state index contributed by atoms with van der Waals surface area (Å²) >= 11 is 8.16. The molecule has 0 spiro atoms. The van der Waals surface area contributed by atoms with Crippen LogP contribution in [0.15, 0.2) is 48.5 Å². The summed E-state index contributed by atoms with van der Waals surface area (Å²) in [4.78, 5) is 0. The number of benzene rings is 2. The molecule has 0 fully saturated rings. The molecule has 1 atom stereocenters. The second kappa shape index (κ2) is 5.85. The summed E-state index contributed by atoms with van der Waals surface area (Å²) in [6, 6.07) is 15.5. The summed E-state index contributed by atoms with van der Waals surface area (Å²) in [5.41, 5.74) is 2.01.